The van der Waals surface area contributed by atoms with E-state index >= 15 is 0 Å². The van der Waals surface area contributed by atoms with Crippen molar-refractivity contribution in [1.29, 1.82) is 0 Å². The minimum Gasteiger partial charge on any atom is -0.408 e. The molecule has 0 saturated carbocycles. The molecule has 0 amide bonds. The van der Waals surface area contributed by atoms with E-state index in [1.807, 2.05) is 35.7 Å². The van der Waals surface area contributed by atoms with Crippen molar-refractivity contribution in [1.82, 2.24) is 9.59 Å². The lowest BCUT2D eigenvalue weighted by molar-refractivity contribution is 0.319. The van der Waals surface area contributed by atoms with Crippen LogP contribution < -0.4 is 10.6 Å². The molecule has 0 aliphatic rings. The molecular formula is C15H12ClN5OS. The van der Waals surface area contributed by atoms with Crippen LogP contribution in [0.25, 0.3) is 11.3 Å². The molecule has 116 valence electrons. The Bertz CT molecular complexity index is 805. The van der Waals surface area contributed by atoms with Gasteiger partial charge < -0.3 is 15.8 Å². The van der Waals surface area contributed by atoms with Gasteiger partial charge in [-0.1, -0.05) is 39.4 Å². The molecule has 0 radical (unpaired) electrons. The Balaban J connectivity index is 1.70. The topological polar surface area (TPSA) is 82.4 Å². The van der Waals surface area contributed by atoms with Gasteiger partial charge in [0.25, 0.3) is 0 Å². The highest BCUT2D eigenvalue weighted by Gasteiger charge is 2.04. The molecule has 0 saturated heterocycles. The monoisotopic (exact) mass is 345 g/mol. The van der Waals surface area contributed by atoms with Crippen molar-refractivity contribution in [3.63, 3.8) is 0 Å². The smallest absolute Gasteiger partial charge is 0.242 e. The number of hydrogen-bond acceptors (Lipinski definition) is 5. The fourth-order valence-corrected chi connectivity index (χ4v) is 2.59. The fraction of sp³-hybridized carbons (Fsp3) is 0. The molecule has 8 heteroatoms. The zero-order chi connectivity index (χ0) is 16.1. The van der Waals surface area contributed by atoms with E-state index in [1.165, 1.54) is 11.5 Å². The van der Waals surface area contributed by atoms with Gasteiger partial charge in [0, 0.05) is 27.3 Å². The lowest BCUT2D eigenvalue weighted by Gasteiger charge is -2.11. The first kappa shape index (κ1) is 15.3. The Kier molecular flexibility index (Phi) is 4.70. The number of guanidine groups is 1. The summed E-state index contributed by atoms with van der Waals surface area (Å²) in [6.45, 7) is 0. The predicted octanol–water partition coefficient (Wildman–Crippen LogP) is 4.13. The van der Waals surface area contributed by atoms with E-state index in [2.05, 4.69) is 25.4 Å². The lowest BCUT2D eigenvalue weighted by atomic mass is 10.1. The Morgan fingerprint density at radius 1 is 1.09 bits per heavy atom. The minimum atomic E-state index is 0.190. The van der Waals surface area contributed by atoms with Gasteiger partial charge in [-0.3, -0.25) is 0 Å². The molecule has 2 aromatic carbocycles. The van der Waals surface area contributed by atoms with Gasteiger partial charge in [0.05, 0.1) is 0 Å². The highest BCUT2D eigenvalue weighted by atomic mass is 35.5. The first-order valence-electron chi connectivity index (χ1n) is 6.64. The van der Waals surface area contributed by atoms with Crippen LogP contribution >= 0.6 is 23.1 Å². The maximum absolute atomic E-state index is 9.14. The maximum atomic E-state index is 9.14. The molecular weight excluding hydrogens is 334 g/mol. The standard InChI is InChI=1S/C15H12ClN5OS/c16-11-2-1-3-13(8-11)18-15(20-22)17-12-6-4-10(5-7-12)14-9-23-21-19-14/h1-9,22H,(H2,17,18,20). The number of nitrogens with one attached hydrogen (secondary N) is 2. The zero-order valence-corrected chi connectivity index (χ0v) is 13.3. The molecule has 3 rings (SSSR count). The van der Waals surface area contributed by atoms with Gasteiger partial charge >= 0.3 is 0 Å². The van der Waals surface area contributed by atoms with Crippen molar-refractivity contribution < 1.29 is 5.21 Å². The highest BCUT2D eigenvalue weighted by Crippen LogP contribution is 2.20. The molecule has 0 aliphatic carbocycles. The van der Waals surface area contributed by atoms with Crippen molar-refractivity contribution in [2.45, 2.75) is 0 Å². The molecule has 23 heavy (non-hydrogen) atoms. The van der Waals surface area contributed by atoms with E-state index in [0.29, 0.717) is 10.7 Å². The van der Waals surface area contributed by atoms with E-state index in [0.717, 1.165) is 16.9 Å². The van der Waals surface area contributed by atoms with Gasteiger partial charge in [-0.15, -0.1) is 5.10 Å². The van der Waals surface area contributed by atoms with Crippen LogP contribution in [0.5, 0.6) is 0 Å². The first-order chi connectivity index (χ1) is 11.2. The molecule has 0 spiro atoms. The van der Waals surface area contributed by atoms with Crippen LogP contribution in [0.15, 0.2) is 59.1 Å². The van der Waals surface area contributed by atoms with Crippen LogP contribution in [0.4, 0.5) is 11.4 Å². The number of hydrogen-bond donors (Lipinski definition) is 3. The fourth-order valence-electron chi connectivity index (χ4n) is 1.94. The quantitative estimate of drug-likeness (QED) is 0.288. The van der Waals surface area contributed by atoms with Crippen molar-refractivity contribution in [3.8, 4) is 11.3 Å². The number of halogens is 1. The second-order valence-electron chi connectivity index (χ2n) is 4.58. The molecule has 3 aromatic rings. The number of anilines is 2. The number of nitrogens with zero attached hydrogens (tertiary/aromatic N) is 3. The van der Waals surface area contributed by atoms with Crippen molar-refractivity contribution in [2.75, 3.05) is 10.6 Å². The van der Waals surface area contributed by atoms with E-state index in [1.54, 1.807) is 18.2 Å². The Labute approximate surface area is 141 Å². The van der Waals surface area contributed by atoms with Crippen LogP contribution in [0.2, 0.25) is 5.02 Å². The summed E-state index contributed by atoms with van der Waals surface area (Å²) in [5.41, 5.74) is 3.27. The van der Waals surface area contributed by atoms with Gasteiger partial charge in [-0.2, -0.15) is 0 Å². The van der Waals surface area contributed by atoms with Crippen LogP contribution in [-0.4, -0.2) is 20.8 Å². The number of rotatable bonds is 3. The second kappa shape index (κ2) is 7.08. The van der Waals surface area contributed by atoms with Crippen molar-refractivity contribution in [2.24, 2.45) is 5.16 Å². The van der Waals surface area contributed by atoms with Gasteiger partial charge in [-0.25, -0.2) is 0 Å². The summed E-state index contributed by atoms with van der Waals surface area (Å²) < 4.78 is 3.84. The molecule has 3 N–H and O–H groups in total. The number of benzene rings is 2. The molecule has 0 unspecified atom stereocenters. The van der Waals surface area contributed by atoms with E-state index in [4.69, 9.17) is 16.8 Å². The zero-order valence-electron chi connectivity index (χ0n) is 11.8. The van der Waals surface area contributed by atoms with Crippen LogP contribution in [0, 0.1) is 0 Å². The molecule has 1 aromatic heterocycles. The summed E-state index contributed by atoms with van der Waals surface area (Å²) in [5.74, 6) is 0.190. The second-order valence-corrected chi connectivity index (χ2v) is 5.62. The third-order valence-electron chi connectivity index (χ3n) is 2.99. The van der Waals surface area contributed by atoms with E-state index in [9.17, 15) is 0 Å². The van der Waals surface area contributed by atoms with Gasteiger partial charge in [0.1, 0.15) is 5.69 Å². The summed E-state index contributed by atoms with van der Waals surface area (Å²) in [6, 6.07) is 14.7. The predicted molar refractivity (Wildman–Crippen MR) is 93.3 cm³/mol. The summed E-state index contributed by atoms with van der Waals surface area (Å²) in [6.07, 6.45) is 0. The average Bonchev–Trinajstić information content (AvgIpc) is 3.09. The molecule has 1 heterocycles. The minimum absolute atomic E-state index is 0.190. The highest BCUT2D eigenvalue weighted by molar-refractivity contribution is 7.03. The van der Waals surface area contributed by atoms with Gasteiger partial charge in [-0.05, 0) is 41.9 Å². The summed E-state index contributed by atoms with van der Waals surface area (Å²) in [5, 5.41) is 24.8. The largest absolute Gasteiger partial charge is 0.408 e. The van der Waals surface area contributed by atoms with E-state index < -0.39 is 0 Å². The van der Waals surface area contributed by atoms with Crippen LogP contribution in [0.3, 0.4) is 0 Å². The van der Waals surface area contributed by atoms with Crippen LogP contribution in [-0.2, 0) is 0 Å². The van der Waals surface area contributed by atoms with Gasteiger partial charge in [0.15, 0.2) is 0 Å². The number of oxime groups is 1. The number of aromatic nitrogens is 2. The normalized spacial score (nSPS) is 11.3. The first-order valence-corrected chi connectivity index (χ1v) is 7.85. The van der Waals surface area contributed by atoms with Crippen molar-refractivity contribution >= 4 is 40.5 Å². The van der Waals surface area contributed by atoms with Gasteiger partial charge in [0.2, 0.25) is 5.96 Å². The third kappa shape index (κ3) is 3.97. The van der Waals surface area contributed by atoms with Crippen molar-refractivity contribution in [3.05, 3.63) is 58.9 Å². The molecule has 0 fully saturated rings. The Morgan fingerprint density at radius 2 is 1.87 bits per heavy atom. The van der Waals surface area contributed by atoms with Crippen LogP contribution in [0.1, 0.15) is 0 Å². The molecule has 0 aliphatic heterocycles. The Hall–Kier alpha value is -2.64. The molecule has 6 nitrogen and oxygen atoms in total. The summed E-state index contributed by atoms with van der Waals surface area (Å²) >= 11 is 7.23. The van der Waals surface area contributed by atoms with E-state index in [-0.39, 0.29) is 5.96 Å². The lowest BCUT2D eigenvalue weighted by Crippen LogP contribution is -2.21. The summed E-state index contributed by atoms with van der Waals surface area (Å²) in [4.78, 5) is 0. The third-order valence-corrected chi connectivity index (χ3v) is 3.73. The SMILES string of the molecule is O/N=C(/Nc1ccc(-c2csnn2)cc1)Nc1cccc(Cl)c1. The molecule has 0 bridgehead atoms. The summed E-state index contributed by atoms with van der Waals surface area (Å²) in [7, 11) is 0. The average molecular weight is 346 g/mol. The molecule has 0 atom stereocenters. The Morgan fingerprint density at radius 3 is 2.52 bits per heavy atom. The maximum Gasteiger partial charge on any atom is 0.242 e.